The Labute approximate surface area is 137 Å². The van der Waals surface area contributed by atoms with Crippen LogP contribution in [0, 0.1) is 5.41 Å². The van der Waals surface area contributed by atoms with Crippen molar-refractivity contribution in [2.45, 2.75) is 58.8 Å². The van der Waals surface area contributed by atoms with Gasteiger partial charge in [-0.15, -0.1) is 0 Å². The lowest BCUT2D eigenvalue weighted by atomic mass is 9.76. The van der Waals surface area contributed by atoms with Crippen molar-refractivity contribution < 1.29 is 24.9 Å². The molecule has 0 aliphatic rings. The minimum Gasteiger partial charge on any atom is -0.508 e. The molecule has 0 fully saturated rings. The average molecular weight is 322 g/mol. The lowest BCUT2D eigenvalue weighted by Crippen LogP contribution is -2.41. The van der Waals surface area contributed by atoms with E-state index in [0.29, 0.717) is 12.0 Å². The molecule has 5 heteroatoms. The molecule has 5 nitrogen and oxygen atoms in total. The number of hydrogen-bond acceptors (Lipinski definition) is 3. The number of carboxylic acid groups (broad SMARTS) is 2. The number of carboxylic acids is 2. The van der Waals surface area contributed by atoms with Gasteiger partial charge in [0.25, 0.3) is 0 Å². The van der Waals surface area contributed by atoms with Gasteiger partial charge in [-0.3, -0.25) is 9.59 Å². The Morgan fingerprint density at radius 2 is 1.61 bits per heavy atom. The predicted octanol–water partition coefficient (Wildman–Crippen LogP) is 3.58. The molecule has 1 aromatic rings. The minimum absolute atomic E-state index is 0.0209. The second-order valence-corrected chi connectivity index (χ2v) is 7.11. The Hall–Kier alpha value is -2.04. The van der Waals surface area contributed by atoms with Gasteiger partial charge in [0, 0.05) is 0 Å². The Morgan fingerprint density at radius 1 is 1.04 bits per heavy atom. The van der Waals surface area contributed by atoms with E-state index in [0.717, 1.165) is 12.0 Å². The molecule has 1 rings (SSSR count). The van der Waals surface area contributed by atoms with Crippen LogP contribution < -0.4 is 0 Å². The van der Waals surface area contributed by atoms with Gasteiger partial charge in [-0.05, 0) is 41.5 Å². The van der Waals surface area contributed by atoms with Crippen LogP contribution in [0.1, 0.15) is 58.1 Å². The van der Waals surface area contributed by atoms with Crippen LogP contribution in [-0.2, 0) is 21.4 Å². The van der Waals surface area contributed by atoms with Crippen LogP contribution in [0.25, 0.3) is 0 Å². The van der Waals surface area contributed by atoms with Gasteiger partial charge in [-0.2, -0.15) is 0 Å². The van der Waals surface area contributed by atoms with Gasteiger partial charge in [0.15, 0.2) is 5.41 Å². The second kappa shape index (κ2) is 7.02. The zero-order valence-electron chi connectivity index (χ0n) is 14.2. The molecule has 0 unspecified atom stereocenters. The summed E-state index contributed by atoms with van der Waals surface area (Å²) in [6, 6.07) is 4.85. The number of aliphatic carboxylic acids is 2. The summed E-state index contributed by atoms with van der Waals surface area (Å²) in [6.07, 6.45) is 1.16. The van der Waals surface area contributed by atoms with Gasteiger partial charge in [0.05, 0.1) is 0 Å². The van der Waals surface area contributed by atoms with E-state index in [1.807, 2.05) is 27.7 Å². The largest absolute Gasteiger partial charge is 0.508 e. The van der Waals surface area contributed by atoms with Crippen LogP contribution in [0.4, 0.5) is 0 Å². The molecule has 0 atom stereocenters. The maximum absolute atomic E-state index is 11.7. The van der Waals surface area contributed by atoms with E-state index in [2.05, 4.69) is 0 Å². The molecule has 1 aromatic carbocycles. The quantitative estimate of drug-likeness (QED) is 0.667. The van der Waals surface area contributed by atoms with E-state index in [1.54, 1.807) is 12.1 Å². The van der Waals surface area contributed by atoms with Gasteiger partial charge in [0.2, 0.25) is 0 Å². The zero-order chi connectivity index (χ0) is 17.8. The topological polar surface area (TPSA) is 94.8 Å². The highest BCUT2D eigenvalue weighted by Crippen LogP contribution is 2.34. The van der Waals surface area contributed by atoms with Crippen molar-refractivity contribution in [2.24, 2.45) is 5.41 Å². The average Bonchev–Trinajstić information content (AvgIpc) is 2.41. The van der Waals surface area contributed by atoms with Gasteiger partial charge in [-0.25, -0.2) is 0 Å². The maximum Gasteiger partial charge on any atom is 0.321 e. The fraction of sp³-hybridized carbons (Fsp3) is 0.556. The van der Waals surface area contributed by atoms with Crippen molar-refractivity contribution in [1.82, 2.24) is 0 Å². The van der Waals surface area contributed by atoms with Crippen molar-refractivity contribution in [3.8, 4) is 5.75 Å². The first-order valence-electron chi connectivity index (χ1n) is 7.83. The Kier molecular flexibility index (Phi) is 5.81. The third-order valence-corrected chi connectivity index (χ3v) is 4.13. The highest BCUT2D eigenvalue weighted by atomic mass is 16.4. The van der Waals surface area contributed by atoms with E-state index in [4.69, 9.17) is 0 Å². The van der Waals surface area contributed by atoms with Gasteiger partial charge < -0.3 is 15.3 Å². The van der Waals surface area contributed by atoms with Crippen LogP contribution >= 0.6 is 0 Å². The number of carbonyl (C=O) groups is 2. The maximum atomic E-state index is 11.7. The summed E-state index contributed by atoms with van der Waals surface area (Å²) in [5.74, 6) is -2.65. The molecular weight excluding hydrogens is 296 g/mol. The number of unbranched alkanes of at least 4 members (excludes halogenated alkanes) is 1. The summed E-state index contributed by atoms with van der Waals surface area (Å²) in [7, 11) is 0. The first-order chi connectivity index (χ1) is 10.5. The summed E-state index contributed by atoms with van der Waals surface area (Å²) in [4.78, 5) is 23.4. The zero-order valence-corrected chi connectivity index (χ0v) is 14.2. The van der Waals surface area contributed by atoms with Crippen LogP contribution in [0.2, 0.25) is 0 Å². The lowest BCUT2D eigenvalue weighted by Gasteiger charge is -2.26. The molecule has 0 saturated heterocycles. The highest BCUT2D eigenvalue weighted by molar-refractivity contribution is 5.98. The second-order valence-electron chi connectivity index (χ2n) is 7.11. The molecule has 0 aromatic heterocycles. The lowest BCUT2D eigenvalue weighted by molar-refractivity contribution is -0.165. The van der Waals surface area contributed by atoms with Crippen LogP contribution in [0.15, 0.2) is 18.2 Å². The number of hydrogen-bond donors (Lipinski definition) is 3. The van der Waals surface area contributed by atoms with Crippen molar-refractivity contribution in [3.63, 3.8) is 0 Å². The Morgan fingerprint density at radius 3 is 2.04 bits per heavy atom. The van der Waals surface area contributed by atoms with E-state index >= 15 is 0 Å². The monoisotopic (exact) mass is 322 g/mol. The third-order valence-electron chi connectivity index (χ3n) is 4.13. The number of benzene rings is 1. The molecule has 0 radical (unpaired) electrons. The number of phenols is 1. The third kappa shape index (κ3) is 4.47. The van der Waals surface area contributed by atoms with Gasteiger partial charge >= 0.3 is 11.9 Å². The molecule has 0 amide bonds. The minimum atomic E-state index is -1.86. The Bertz CT molecular complexity index is 570. The van der Waals surface area contributed by atoms with Crippen molar-refractivity contribution in [2.75, 3.05) is 0 Å². The molecule has 23 heavy (non-hydrogen) atoms. The van der Waals surface area contributed by atoms with Crippen molar-refractivity contribution >= 4 is 11.9 Å². The predicted molar refractivity (Wildman–Crippen MR) is 87.7 cm³/mol. The first-order valence-corrected chi connectivity index (χ1v) is 7.83. The summed E-state index contributed by atoms with van der Waals surface area (Å²) < 4.78 is 0. The summed E-state index contributed by atoms with van der Waals surface area (Å²) in [6.45, 7) is 7.82. The summed E-state index contributed by atoms with van der Waals surface area (Å²) >= 11 is 0. The molecule has 0 saturated carbocycles. The van der Waals surface area contributed by atoms with Gasteiger partial charge in [0.1, 0.15) is 5.75 Å². The molecule has 0 aliphatic heterocycles. The van der Waals surface area contributed by atoms with Crippen LogP contribution in [0.3, 0.4) is 0 Å². The number of rotatable bonds is 7. The number of aromatic hydroxyl groups is 1. The SMILES string of the molecule is CCCCC(Cc1cc(O)cc(C(C)(C)C)c1)(C(=O)O)C(=O)O. The molecular formula is C18H26O5. The normalized spacial score (nSPS) is 12.2. The van der Waals surface area contributed by atoms with E-state index in [1.165, 1.54) is 6.07 Å². The molecule has 0 aliphatic carbocycles. The highest BCUT2D eigenvalue weighted by Gasteiger charge is 2.46. The van der Waals surface area contributed by atoms with Crippen molar-refractivity contribution in [1.29, 1.82) is 0 Å². The smallest absolute Gasteiger partial charge is 0.321 e. The standard InChI is InChI=1S/C18H26O5/c1-5-6-7-18(15(20)21,16(22)23)11-12-8-13(17(2,3)4)10-14(19)9-12/h8-10,19H,5-7,11H2,1-4H3,(H,20,21)(H,22,23). The van der Waals surface area contributed by atoms with Crippen LogP contribution in [-0.4, -0.2) is 27.3 Å². The van der Waals surface area contributed by atoms with E-state index < -0.39 is 17.4 Å². The Balaban J connectivity index is 3.30. The van der Waals surface area contributed by atoms with Crippen LogP contribution in [0.5, 0.6) is 5.75 Å². The molecule has 0 heterocycles. The molecule has 128 valence electrons. The fourth-order valence-electron chi connectivity index (χ4n) is 2.58. The fourth-order valence-corrected chi connectivity index (χ4v) is 2.58. The summed E-state index contributed by atoms with van der Waals surface area (Å²) in [5.41, 5.74) is -0.728. The summed E-state index contributed by atoms with van der Waals surface area (Å²) in [5, 5.41) is 29.0. The van der Waals surface area contributed by atoms with E-state index in [9.17, 15) is 24.9 Å². The van der Waals surface area contributed by atoms with Gasteiger partial charge in [-0.1, -0.05) is 46.6 Å². The number of phenolic OH excluding ortho intramolecular Hbond substituents is 1. The molecule has 0 spiro atoms. The van der Waals surface area contributed by atoms with E-state index in [-0.39, 0.29) is 24.0 Å². The van der Waals surface area contributed by atoms with Crippen molar-refractivity contribution in [3.05, 3.63) is 29.3 Å². The molecule has 3 N–H and O–H groups in total. The first kappa shape index (κ1) is 19.0. The molecule has 0 bridgehead atoms.